The van der Waals surface area contributed by atoms with Crippen LogP contribution in [0, 0.1) is 0 Å². The maximum absolute atomic E-state index is 12.0. The van der Waals surface area contributed by atoms with E-state index in [-0.39, 0.29) is 11.7 Å². The minimum absolute atomic E-state index is 0.298. The van der Waals surface area contributed by atoms with Crippen LogP contribution in [0.5, 0.6) is 5.75 Å². The zero-order chi connectivity index (χ0) is 15.2. The number of halogens is 4. The predicted octanol–water partition coefficient (Wildman–Crippen LogP) is 3.88. The van der Waals surface area contributed by atoms with E-state index in [9.17, 15) is 18.0 Å². The normalized spacial score (nSPS) is 12.8. The summed E-state index contributed by atoms with van der Waals surface area (Å²) in [5, 5.41) is 2.70. The van der Waals surface area contributed by atoms with Crippen LogP contribution < -0.4 is 10.1 Å². The van der Waals surface area contributed by atoms with Gasteiger partial charge < -0.3 is 10.1 Å². The second-order valence-electron chi connectivity index (χ2n) is 4.25. The van der Waals surface area contributed by atoms with Gasteiger partial charge in [0.15, 0.2) is 0 Å². The Bertz CT molecular complexity index is 432. The largest absolute Gasteiger partial charge is 0.573 e. The Morgan fingerprint density at radius 1 is 1.35 bits per heavy atom. The fourth-order valence-electron chi connectivity index (χ4n) is 1.50. The molecule has 0 radical (unpaired) electrons. The summed E-state index contributed by atoms with van der Waals surface area (Å²) in [5.41, 5.74) is 0.298. The summed E-state index contributed by atoms with van der Waals surface area (Å²) in [5.74, 6) is -0.659. The van der Waals surface area contributed by atoms with Crippen molar-refractivity contribution in [3.63, 3.8) is 0 Å². The molecule has 0 heterocycles. The predicted molar refractivity (Wildman–Crippen MR) is 73.1 cm³/mol. The SMILES string of the molecule is CC(Br)CCCNC(=O)c1ccc(OC(F)(F)F)cc1. The summed E-state index contributed by atoms with van der Waals surface area (Å²) in [6, 6.07) is 4.82. The number of alkyl halides is 4. The van der Waals surface area contributed by atoms with Crippen molar-refractivity contribution in [2.24, 2.45) is 0 Å². The number of ether oxygens (including phenoxy) is 1. The third-order valence-corrected chi connectivity index (χ3v) is 2.87. The summed E-state index contributed by atoms with van der Waals surface area (Å²) in [4.78, 5) is 12.1. The second kappa shape index (κ2) is 7.52. The van der Waals surface area contributed by atoms with Crippen molar-refractivity contribution in [1.82, 2.24) is 5.32 Å². The van der Waals surface area contributed by atoms with E-state index in [4.69, 9.17) is 0 Å². The zero-order valence-corrected chi connectivity index (χ0v) is 12.4. The minimum atomic E-state index is -4.73. The summed E-state index contributed by atoms with van der Waals surface area (Å²) in [6.07, 6.45) is -2.97. The maximum Gasteiger partial charge on any atom is 0.573 e. The van der Waals surface area contributed by atoms with Gasteiger partial charge in [0.25, 0.3) is 5.91 Å². The second-order valence-corrected chi connectivity index (χ2v) is 5.81. The average molecular weight is 354 g/mol. The van der Waals surface area contributed by atoms with Crippen molar-refractivity contribution >= 4 is 21.8 Å². The quantitative estimate of drug-likeness (QED) is 0.622. The first-order valence-corrected chi connectivity index (χ1v) is 6.97. The van der Waals surface area contributed by atoms with Gasteiger partial charge in [0.1, 0.15) is 5.75 Å². The van der Waals surface area contributed by atoms with Crippen LogP contribution in [0.15, 0.2) is 24.3 Å². The lowest BCUT2D eigenvalue weighted by molar-refractivity contribution is -0.274. The van der Waals surface area contributed by atoms with Gasteiger partial charge in [0.05, 0.1) is 0 Å². The van der Waals surface area contributed by atoms with E-state index in [1.807, 2.05) is 6.92 Å². The van der Waals surface area contributed by atoms with Crippen molar-refractivity contribution in [2.45, 2.75) is 31.0 Å². The minimum Gasteiger partial charge on any atom is -0.406 e. The van der Waals surface area contributed by atoms with Crippen molar-refractivity contribution < 1.29 is 22.7 Å². The fourth-order valence-corrected chi connectivity index (χ4v) is 1.82. The number of nitrogens with one attached hydrogen (secondary N) is 1. The molecule has 0 saturated heterocycles. The fraction of sp³-hybridized carbons (Fsp3) is 0.462. The van der Waals surface area contributed by atoms with E-state index in [1.165, 1.54) is 12.1 Å². The molecule has 3 nitrogen and oxygen atoms in total. The number of hydrogen-bond donors (Lipinski definition) is 1. The lowest BCUT2D eigenvalue weighted by Crippen LogP contribution is -2.24. The van der Waals surface area contributed by atoms with Crippen LogP contribution in [0.1, 0.15) is 30.1 Å². The molecule has 20 heavy (non-hydrogen) atoms. The Morgan fingerprint density at radius 2 is 1.95 bits per heavy atom. The first-order chi connectivity index (χ1) is 9.28. The van der Waals surface area contributed by atoms with Crippen LogP contribution in [-0.2, 0) is 0 Å². The molecule has 1 aromatic rings. The van der Waals surface area contributed by atoms with E-state index in [0.717, 1.165) is 25.0 Å². The maximum atomic E-state index is 12.0. The molecule has 0 aromatic heterocycles. The topological polar surface area (TPSA) is 38.3 Å². The first kappa shape index (κ1) is 16.8. The van der Waals surface area contributed by atoms with Crippen molar-refractivity contribution in [1.29, 1.82) is 0 Å². The molecule has 7 heteroatoms. The van der Waals surface area contributed by atoms with Gasteiger partial charge in [-0.15, -0.1) is 13.2 Å². The molecule has 0 aliphatic carbocycles. The molecule has 1 amide bonds. The van der Waals surface area contributed by atoms with Crippen LogP contribution in [0.3, 0.4) is 0 Å². The monoisotopic (exact) mass is 353 g/mol. The van der Waals surface area contributed by atoms with Crippen LogP contribution in [0.4, 0.5) is 13.2 Å². The first-order valence-electron chi connectivity index (χ1n) is 6.06. The molecule has 0 saturated carbocycles. The Hall–Kier alpha value is -1.24. The zero-order valence-electron chi connectivity index (χ0n) is 10.8. The lowest BCUT2D eigenvalue weighted by Gasteiger charge is -2.09. The number of amides is 1. The number of carbonyl (C=O) groups excluding carboxylic acids is 1. The highest BCUT2D eigenvalue weighted by Gasteiger charge is 2.31. The number of hydrogen-bond acceptors (Lipinski definition) is 2. The molecular weight excluding hydrogens is 339 g/mol. The van der Waals surface area contributed by atoms with E-state index in [2.05, 4.69) is 26.0 Å². The van der Waals surface area contributed by atoms with Gasteiger partial charge in [-0.1, -0.05) is 22.9 Å². The molecule has 0 spiro atoms. The molecule has 112 valence electrons. The third kappa shape index (κ3) is 6.79. The van der Waals surface area contributed by atoms with Gasteiger partial charge in [-0.05, 0) is 37.1 Å². The summed E-state index contributed by atoms with van der Waals surface area (Å²) >= 11 is 3.40. The Kier molecular flexibility index (Phi) is 6.32. The van der Waals surface area contributed by atoms with E-state index >= 15 is 0 Å². The standard InChI is InChI=1S/C13H15BrF3NO2/c1-9(14)3-2-8-18-12(19)10-4-6-11(7-5-10)20-13(15,16)17/h4-7,9H,2-3,8H2,1H3,(H,18,19). The summed E-state index contributed by atoms with van der Waals surface area (Å²) in [6.45, 7) is 2.54. The summed E-state index contributed by atoms with van der Waals surface area (Å²) in [7, 11) is 0. The van der Waals surface area contributed by atoms with Gasteiger partial charge >= 0.3 is 6.36 Å². The van der Waals surface area contributed by atoms with Crippen LogP contribution in [0.2, 0.25) is 0 Å². The van der Waals surface area contributed by atoms with Crippen molar-refractivity contribution in [2.75, 3.05) is 6.54 Å². The van der Waals surface area contributed by atoms with Crippen LogP contribution in [-0.4, -0.2) is 23.6 Å². The summed E-state index contributed by atoms with van der Waals surface area (Å²) < 4.78 is 39.6. The van der Waals surface area contributed by atoms with Crippen molar-refractivity contribution in [3.05, 3.63) is 29.8 Å². The Balaban J connectivity index is 2.45. The van der Waals surface area contributed by atoms with Crippen LogP contribution in [0.25, 0.3) is 0 Å². The third-order valence-electron chi connectivity index (χ3n) is 2.41. The highest BCUT2D eigenvalue weighted by molar-refractivity contribution is 9.09. The van der Waals surface area contributed by atoms with Gasteiger partial charge in [-0.2, -0.15) is 0 Å². The Labute approximate surface area is 123 Å². The molecular formula is C13H15BrF3NO2. The van der Waals surface area contributed by atoms with Gasteiger partial charge in [-0.25, -0.2) is 0 Å². The van der Waals surface area contributed by atoms with Crippen LogP contribution >= 0.6 is 15.9 Å². The molecule has 0 bridgehead atoms. The molecule has 1 rings (SSSR count). The van der Waals surface area contributed by atoms with Gasteiger partial charge in [0, 0.05) is 16.9 Å². The van der Waals surface area contributed by atoms with E-state index in [0.29, 0.717) is 16.9 Å². The van der Waals surface area contributed by atoms with Gasteiger partial charge in [-0.3, -0.25) is 4.79 Å². The van der Waals surface area contributed by atoms with E-state index < -0.39 is 6.36 Å². The average Bonchev–Trinajstić information content (AvgIpc) is 2.33. The molecule has 1 unspecified atom stereocenters. The molecule has 1 atom stereocenters. The molecule has 0 aliphatic rings. The molecule has 1 aromatic carbocycles. The van der Waals surface area contributed by atoms with E-state index in [1.54, 1.807) is 0 Å². The number of carbonyl (C=O) groups is 1. The number of benzene rings is 1. The Morgan fingerprint density at radius 3 is 2.45 bits per heavy atom. The number of rotatable bonds is 6. The molecule has 1 N–H and O–H groups in total. The lowest BCUT2D eigenvalue weighted by atomic mass is 10.2. The smallest absolute Gasteiger partial charge is 0.406 e. The highest BCUT2D eigenvalue weighted by Crippen LogP contribution is 2.22. The van der Waals surface area contributed by atoms with Gasteiger partial charge in [0.2, 0.25) is 0 Å². The molecule has 0 aliphatic heterocycles. The highest BCUT2D eigenvalue weighted by atomic mass is 79.9. The molecule has 0 fully saturated rings. The van der Waals surface area contributed by atoms with Crippen molar-refractivity contribution in [3.8, 4) is 5.75 Å².